The Morgan fingerprint density at radius 3 is 1.57 bits per heavy atom. The van der Waals surface area contributed by atoms with Gasteiger partial charge in [-0.1, -0.05) is 66.7 Å². The predicted octanol–water partition coefficient (Wildman–Crippen LogP) is 1.03. The summed E-state index contributed by atoms with van der Waals surface area (Å²) >= 11 is 0. The normalized spacial score (nSPS) is 16.7. The Bertz CT molecular complexity index is 1280. The maximum atomic E-state index is 10.6. The zero-order chi connectivity index (χ0) is 34.6. The summed E-state index contributed by atoms with van der Waals surface area (Å²) in [5.41, 5.74) is 18.0. The van der Waals surface area contributed by atoms with Gasteiger partial charge in [-0.15, -0.1) is 0 Å². The molecule has 0 spiro atoms. The lowest BCUT2D eigenvalue weighted by molar-refractivity contribution is -0.139. The number of aromatic nitrogens is 1. The average molecular weight is 641 g/mol. The molecule has 4 rings (SSSR count). The zero-order valence-corrected chi connectivity index (χ0v) is 25.8. The van der Waals surface area contributed by atoms with Crippen LogP contribution in [0, 0.1) is 0 Å². The van der Waals surface area contributed by atoms with E-state index in [-0.39, 0.29) is 6.04 Å². The quantitative estimate of drug-likeness (QED) is 0.154. The molecule has 14 nitrogen and oxygen atoms in total. The van der Waals surface area contributed by atoms with Gasteiger partial charge in [0.1, 0.15) is 30.0 Å². The van der Waals surface area contributed by atoms with Crippen molar-refractivity contribution in [1.29, 1.82) is 0 Å². The van der Waals surface area contributed by atoms with Gasteiger partial charge in [0, 0.05) is 25.8 Å². The van der Waals surface area contributed by atoms with Gasteiger partial charge in [0.15, 0.2) is 0 Å². The third-order valence-corrected chi connectivity index (χ3v) is 6.64. The number of nitrogens with two attached hydrogens (primary N) is 3. The summed E-state index contributed by atoms with van der Waals surface area (Å²) in [6.07, 6.45) is 2.96. The van der Waals surface area contributed by atoms with E-state index in [2.05, 4.69) is 10.3 Å². The number of anilines is 1. The van der Waals surface area contributed by atoms with Crippen molar-refractivity contribution in [3.8, 4) is 0 Å². The van der Waals surface area contributed by atoms with Gasteiger partial charge in [-0.2, -0.15) is 0 Å². The van der Waals surface area contributed by atoms with Crippen molar-refractivity contribution in [1.82, 2.24) is 10.3 Å². The van der Waals surface area contributed by atoms with Crippen LogP contribution in [-0.2, 0) is 32.0 Å². The Morgan fingerprint density at radius 1 is 0.804 bits per heavy atom. The van der Waals surface area contributed by atoms with Crippen LogP contribution in [0.5, 0.6) is 0 Å². The molecular formula is C32H44N6O8. The van der Waals surface area contributed by atoms with Crippen LogP contribution in [0.3, 0.4) is 0 Å². The highest BCUT2D eigenvalue weighted by molar-refractivity contribution is 5.77. The number of rotatable bonds is 10. The Morgan fingerprint density at radius 2 is 1.26 bits per heavy atom. The van der Waals surface area contributed by atoms with E-state index in [0.717, 1.165) is 11.1 Å². The fraction of sp³-hybridized carbons (Fsp3) is 0.344. The molecule has 1 fully saturated rings. The second-order valence-electron chi connectivity index (χ2n) is 10.4. The molecule has 4 unspecified atom stereocenters. The lowest BCUT2D eigenvalue weighted by Gasteiger charge is -2.21. The van der Waals surface area contributed by atoms with Gasteiger partial charge in [0.25, 0.3) is 0 Å². The summed E-state index contributed by atoms with van der Waals surface area (Å²) in [4.78, 5) is 47.3. The van der Waals surface area contributed by atoms with Crippen LogP contribution in [0.1, 0.15) is 24.5 Å². The maximum Gasteiger partial charge on any atom is 0.326 e. The van der Waals surface area contributed by atoms with Crippen molar-refractivity contribution in [2.45, 2.75) is 56.4 Å². The highest BCUT2D eigenvalue weighted by Gasteiger charge is 2.26. The minimum atomic E-state index is -0.959. The van der Waals surface area contributed by atoms with Crippen molar-refractivity contribution >= 4 is 29.7 Å². The smallest absolute Gasteiger partial charge is 0.326 e. The number of aliphatic carboxylic acids is 4. The fourth-order valence-corrected chi connectivity index (χ4v) is 3.79. The van der Waals surface area contributed by atoms with Crippen molar-refractivity contribution in [3.05, 3.63) is 96.2 Å². The largest absolute Gasteiger partial charge is 0.480 e. The van der Waals surface area contributed by atoms with E-state index in [9.17, 15) is 19.2 Å². The molecule has 5 atom stereocenters. The molecule has 0 aliphatic carbocycles. The first-order chi connectivity index (χ1) is 21.7. The van der Waals surface area contributed by atoms with E-state index in [4.69, 9.17) is 37.6 Å². The number of carboxylic acid groups (broad SMARTS) is 4. The molecule has 46 heavy (non-hydrogen) atoms. The lowest BCUT2D eigenvalue weighted by Crippen LogP contribution is -2.36. The molecule has 1 aromatic heterocycles. The van der Waals surface area contributed by atoms with Gasteiger partial charge in [-0.3, -0.25) is 14.4 Å². The van der Waals surface area contributed by atoms with Crippen molar-refractivity contribution in [2.24, 2.45) is 17.2 Å². The number of hydrogen-bond acceptors (Lipinski definition) is 10. The molecule has 14 heteroatoms. The first-order valence-corrected chi connectivity index (χ1v) is 14.4. The summed E-state index contributed by atoms with van der Waals surface area (Å²) < 4.78 is 0. The molecular weight excluding hydrogens is 596 g/mol. The van der Waals surface area contributed by atoms with Crippen molar-refractivity contribution < 1.29 is 39.6 Å². The number of hydrogen-bond donors (Lipinski definition) is 8. The van der Waals surface area contributed by atoms with Crippen LogP contribution in [-0.4, -0.2) is 93.1 Å². The number of likely N-dealkylation sites (N-methyl/N-ethyl adjacent to an activating group) is 1. The number of benzene rings is 2. The van der Waals surface area contributed by atoms with Gasteiger partial charge in [-0.05, 0) is 49.4 Å². The molecule has 2 aromatic carbocycles. The molecule has 250 valence electrons. The van der Waals surface area contributed by atoms with Crippen LogP contribution in [0.15, 0.2) is 85.1 Å². The molecule has 0 amide bonds. The predicted molar refractivity (Wildman–Crippen MR) is 173 cm³/mol. The number of pyridine rings is 1. The second-order valence-corrected chi connectivity index (χ2v) is 10.4. The monoisotopic (exact) mass is 640 g/mol. The van der Waals surface area contributed by atoms with Crippen LogP contribution in [0.25, 0.3) is 0 Å². The summed E-state index contributed by atoms with van der Waals surface area (Å²) in [6.45, 7) is 2.24. The van der Waals surface area contributed by atoms with Gasteiger partial charge in [-0.25, -0.2) is 9.78 Å². The van der Waals surface area contributed by atoms with Crippen LogP contribution >= 0.6 is 0 Å². The van der Waals surface area contributed by atoms with Gasteiger partial charge in [0.05, 0.1) is 0 Å². The van der Waals surface area contributed by atoms with E-state index >= 15 is 0 Å². The van der Waals surface area contributed by atoms with Crippen molar-refractivity contribution in [2.75, 3.05) is 18.5 Å². The molecule has 11 N–H and O–H groups in total. The molecule has 1 aliphatic rings. The summed E-state index contributed by atoms with van der Waals surface area (Å²) in [6, 6.07) is 21.5. The van der Waals surface area contributed by atoms with Gasteiger partial charge >= 0.3 is 23.9 Å². The topological polar surface area (TPSA) is 255 Å². The molecule has 0 radical (unpaired) electrons. The number of nitrogens with one attached hydrogen (secondary N) is 1. The first kappa shape index (κ1) is 39.1. The SMILES string of the molecule is CC(C(=O)O)N(C)c1ccccn1.NC(Cc1ccccc1)C(=O)O.NC(Cc1ccccc1)C(=O)O.NC1CN[C@H](C(=O)O)C1. The standard InChI is InChI=1S/C9H12N2O2.2C9H11NO2.C5H10N2O2/c1-7(9(12)13)11(2)8-5-3-4-6-10-8;2*10-8(9(11)12)6-7-4-2-1-3-5-7;6-3-1-4(5(8)9)7-2-3/h3-7H,1-2H3,(H,12,13);2*1-5,8H,6,10H2,(H,11,12);3-4,7H,1-2,6H2,(H,8,9)/t;;;3?,4-/m...0/s1. The van der Waals surface area contributed by atoms with Crippen LogP contribution < -0.4 is 27.4 Å². The third-order valence-electron chi connectivity index (χ3n) is 6.64. The number of carbonyl (C=O) groups is 4. The van der Waals surface area contributed by atoms with Crippen molar-refractivity contribution in [3.63, 3.8) is 0 Å². The van der Waals surface area contributed by atoms with Crippen LogP contribution in [0.2, 0.25) is 0 Å². The highest BCUT2D eigenvalue weighted by Crippen LogP contribution is 2.10. The van der Waals surface area contributed by atoms with Gasteiger partial charge in [0.2, 0.25) is 0 Å². The number of carboxylic acids is 4. The maximum absolute atomic E-state index is 10.6. The Labute approximate surface area is 267 Å². The molecule has 2 heterocycles. The summed E-state index contributed by atoms with van der Waals surface area (Å²) in [7, 11) is 1.71. The third kappa shape index (κ3) is 15.7. The first-order valence-electron chi connectivity index (χ1n) is 14.4. The van der Waals surface area contributed by atoms with Crippen LogP contribution in [0.4, 0.5) is 5.82 Å². The Balaban J connectivity index is 0.000000309. The zero-order valence-electron chi connectivity index (χ0n) is 25.8. The molecule has 1 aliphatic heterocycles. The molecule has 3 aromatic rings. The molecule has 0 saturated carbocycles. The van der Waals surface area contributed by atoms with E-state index in [1.807, 2.05) is 66.7 Å². The van der Waals surface area contributed by atoms with E-state index < -0.39 is 48.0 Å². The summed E-state index contributed by atoms with van der Waals surface area (Å²) in [5, 5.41) is 37.0. The molecule has 1 saturated heterocycles. The molecule has 0 bridgehead atoms. The highest BCUT2D eigenvalue weighted by atomic mass is 16.4. The average Bonchev–Trinajstić information content (AvgIpc) is 3.49. The second kappa shape index (κ2) is 21.0. The Hall–Kier alpha value is -4.89. The van der Waals surface area contributed by atoms with Gasteiger partial charge < -0.3 is 47.8 Å². The minimum absolute atomic E-state index is 0.0195. The van der Waals surface area contributed by atoms with E-state index in [1.165, 1.54) is 0 Å². The van der Waals surface area contributed by atoms with E-state index in [1.54, 1.807) is 37.2 Å². The number of nitrogens with zero attached hydrogens (tertiary/aromatic N) is 2. The summed E-state index contributed by atoms with van der Waals surface area (Å²) in [5.74, 6) is -2.91. The Kier molecular flexibility index (Phi) is 17.8. The lowest BCUT2D eigenvalue weighted by atomic mass is 10.1. The minimum Gasteiger partial charge on any atom is -0.480 e. The van der Waals surface area contributed by atoms with E-state index in [0.29, 0.717) is 31.6 Å². The fourth-order valence-electron chi connectivity index (χ4n) is 3.79.